The fraction of sp³-hybridized carbons (Fsp3) is 0.500. The Kier molecular flexibility index (Phi) is 2.68. The zero-order valence-electron chi connectivity index (χ0n) is 9.36. The Balaban J connectivity index is 1.64. The monoisotopic (exact) mass is 250 g/mol. The van der Waals surface area contributed by atoms with E-state index in [0.29, 0.717) is 11.9 Å². The molecule has 6 nitrogen and oxygen atoms in total. The van der Waals surface area contributed by atoms with Gasteiger partial charge < -0.3 is 10.6 Å². The minimum atomic E-state index is 0.455. The highest BCUT2D eigenvalue weighted by Gasteiger charge is 2.22. The zero-order chi connectivity index (χ0) is 11.7. The molecule has 1 aliphatic rings. The zero-order valence-corrected chi connectivity index (χ0v) is 10.2. The van der Waals surface area contributed by atoms with Crippen LogP contribution < -0.4 is 10.6 Å². The van der Waals surface area contributed by atoms with E-state index in [2.05, 4.69) is 20.2 Å². The first-order valence-electron chi connectivity index (χ1n) is 5.64. The lowest BCUT2D eigenvalue weighted by atomic mass is 10.1. The molecule has 1 saturated heterocycles. The highest BCUT2D eigenvalue weighted by molar-refractivity contribution is 7.13. The lowest BCUT2D eigenvalue weighted by molar-refractivity contribution is 0.367. The Morgan fingerprint density at radius 3 is 2.76 bits per heavy atom. The third kappa shape index (κ3) is 2.10. The smallest absolute Gasteiger partial charge is 0.208 e. The SMILES string of the molecule is Nc1ccn(C2CCN(c3nncs3)CC2)n1. The van der Waals surface area contributed by atoms with Crippen molar-refractivity contribution < 1.29 is 0 Å². The van der Waals surface area contributed by atoms with E-state index in [4.69, 9.17) is 5.73 Å². The van der Waals surface area contributed by atoms with Gasteiger partial charge in [-0.3, -0.25) is 4.68 Å². The molecular formula is C10H14N6S. The second-order valence-corrected chi connectivity index (χ2v) is 4.97. The van der Waals surface area contributed by atoms with Crippen molar-refractivity contribution in [2.24, 2.45) is 0 Å². The van der Waals surface area contributed by atoms with Gasteiger partial charge >= 0.3 is 0 Å². The molecule has 0 spiro atoms. The number of hydrogen-bond acceptors (Lipinski definition) is 6. The largest absolute Gasteiger partial charge is 0.382 e. The van der Waals surface area contributed by atoms with Gasteiger partial charge in [0.25, 0.3) is 0 Å². The van der Waals surface area contributed by atoms with Crippen LogP contribution in [0.3, 0.4) is 0 Å². The Labute approximate surface area is 103 Å². The van der Waals surface area contributed by atoms with Crippen molar-refractivity contribution in [2.45, 2.75) is 18.9 Å². The molecule has 3 heterocycles. The van der Waals surface area contributed by atoms with Crippen molar-refractivity contribution in [2.75, 3.05) is 23.7 Å². The van der Waals surface area contributed by atoms with Crippen LogP contribution in [0.2, 0.25) is 0 Å². The lowest BCUT2D eigenvalue weighted by Gasteiger charge is -2.31. The third-order valence-electron chi connectivity index (χ3n) is 3.09. The first-order chi connectivity index (χ1) is 8.33. The lowest BCUT2D eigenvalue weighted by Crippen LogP contribution is -2.34. The molecule has 0 aromatic carbocycles. The maximum absolute atomic E-state index is 5.63. The van der Waals surface area contributed by atoms with Crippen molar-refractivity contribution in [1.82, 2.24) is 20.0 Å². The summed E-state index contributed by atoms with van der Waals surface area (Å²) in [6, 6.07) is 2.30. The summed E-state index contributed by atoms with van der Waals surface area (Å²) in [4.78, 5) is 2.28. The number of nitrogen functional groups attached to an aromatic ring is 1. The van der Waals surface area contributed by atoms with Gasteiger partial charge in [-0.2, -0.15) is 5.10 Å². The fourth-order valence-corrected chi connectivity index (χ4v) is 2.80. The van der Waals surface area contributed by atoms with Crippen LogP contribution in [0.4, 0.5) is 10.9 Å². The highest BCUT2D eigenvalue weighted by Crippen LogP contribution is 2.26. The van der Waals surface area contributed by atoms with Crippen molar-refractivity contribution in [3.8, 4) is 0 Å². The first kappa shape index (κ1) is 10.5. The van der Waals surface area contributed by atoms with E-state index in [1.807, 2.05) is 16.9 Å². The van der Waals surface area contributed by atoms with E-state index in [1.54, 1.807) is 16.8 Å². The summed E-state index contributed by atoms with van der Waals surface area (Å²) in [6.07, 6.45) is 4.10. The summed E-state index contributed by atoms with van der Waals surface area (Å²) in [5.41, 5.74) is 7.40. The standard InChI is InChI=1S/C10H14N6S/c11-9-3-6-16(14-9)8-1-4-15(5-2-8)10-13-12-7-17-10/h3,6-8H,1-2,4-5H2,(H2,11,14). The molecule has 1 aliphatic heterocycles. The van der Waals surface area contributed by atoms with E-state index < -0.39 is 0 Å². The number of nitrogens with zero attached hydrogens (tertiary/aromatic N) is 5. The van der Waals surface area contributed by atoms with Gasteiger partial charge in [0.15, 0.2) is 0 Å². The van der Waals surface area contributed by atoms with Gasteiger partial charge in [-0.25, -0.2) is 0 Å². The van der Waals surface area contributed by atoms with Gasteiger partial charge in [0.1, 0.15) is 11.3 Å². The average molecular weight is 250 g/mol. The van der Waals surface area contributed by atoms with Crippen LogP contribution in [0.25, 0.3) is 0 Å². The Bertz CT molecular complexity index is 471. The Hall–Kier alpha value is -1.63. The Morgan fingerprint density at radius 2 is 2.18 bits per heavy atom. The van der Waals surface area contributed by atoms with E-state index in [-0.39, 0.29) is 0 Å². The molecule has 0 unspecified atom stereocenters. The number of rotatable bonds is 2. The van der Waals surface area contributed by atoms with Crippen LogP contribution in [-0.4, -0.2) is 33.1 Å². The molecule has 0 saturated carbocycles. The maximum atomic E-state index is 5.63. The molecule has 2 N–H and O–H groups in total. The van der Waals surface area contributed by atoms with Gasteiger partial charge in [-0.1, -0.05) is 11.3 Å². The molecule has 3 rings (SSSR count). The molecular weight excluding hydrogens is 236 g/mol. The van der Waals surface area contributed by atoms with Gasteiger partial charge in [-0.15, -0.1) is 10.2 Å². The van der Waals surface area contributed by atoms with Crippen LogP contribution in [0.1, 0.15) is 18.9 Å². The van der Waals surface area contributed by atoms with Gasteiger partial charge in [0.2, 0.25) is 5.13 Å². The number of hydrogen-bond donors (Lipinski definition) is 1. The summed E-state index contributed by atoms with van der Waals surface area (Å²) in [5.74, 6) is 0.594. The van der Waals surface area contributed by atoms with Crippen molar-refractivity contribution in [3.05, 3.63) is 17.8 Å². The topological polar surface area (TPSA) is 72.9 Å². The predicted molar refractivity (Wildman–Crippen MR) is 67.0 cm³/mol. The number of anilines is 2. The van der Waals surface area contributed by atoms with Crippen molar-refractivity contribution in [3.63, 3.8) is 0 Å². The molecule has 17 heavy (non-hydrogen) atoms. The summed E-state index contributed by atoms with van der Waals surface area (Å²) in [7, 11) is 0. The molecule has 0 amide bonds. The second kappa shape index (κ2) is 4.33. The molecule has 2 aromatic heterocycles. The quantitative estimate of drug-likeness (QED) is 0.865. The number of aromatic nitrogens is 4. The number of piperidine rings is 1. The van der Waals surface area contributed by atoms with Crippen LogP contribution in [0, 0.1) is 0 Å². The minimum Gasteiger partial charge on any atom is -0.382 e. The van der Waals surface area contributed by atoms with Crippen LogP contribution in [0.15, 0.2) is 17.8 Å². The molecule has 0 atom stereocenters. The van der Waals surface area contributed by atoms with Gasteiger partial charge in [0, 0.05) is 19.3 Å². The van der Waals surface area contributed by atoms with Crippen molar-refractivity contribution in [1.29, 1.82) is 0 Å². The summed E-state index contributed by atoms with van der Waals surface area (Å²) in [6.45, 7) is 2.00. The molecule has 90 valence electrons. The molecule has 0 aliphatic carbocycles. The van der Waals surface area contributed by atoms with E-state index >= 15 is 0 Å². The van der Waals surface area contributed by atoms with Crippen LogP contribution in [0.5, 0.6) is 0 Å². The normalized spacial score (nSPS) is 17.5. The molecule has 7 heteroatoms. The summed E-state index contributed by atoms with van der Waals surface area (Å²) >= 11 is 1.59. The van der Waals surface area contributed by atoms with Crippen LogP contribution in [-0.2, 0) is 0 Å². The second-order valence-electron chi connectivity index (χ2n) is 4.16. The highest BCUT2D eigenvalue weighted by atomic mass is 32.1. The molecule has 1 fully saturated rings. The van der Waals surface area contributed by atoms with Crippen LogP contribution >= 0.6 is 11.3 Å². The predicted octanol–water partition coefficient (Wildman–Crippen LogP) is 1.16. The fourth-order valence-electron chi connectivity index (χ4n) is 2.18. The van der Waals surface area contributed by atoms with Gasteiger partial charge in [0.05, 0.1) is 6.04 Å². The van der Waals surface area contributed by atoms with Gasteiger partial charge in [-0.05, 0) is 18.9 Å². The van der Waals surface area contributed by atoms with E-state index in [9.17, 15) is 0 Å². The summed E-state index contributed by atoms with van der Waals surface area (Å²) in [5, 5.41) is 13.3. The average Bonchev–Trinajstić information content (AvgIpc) is 3.00. The number of nitrogens with two attached hydrogens (primary N) is 1. The Morgan fingerprint density at radius 1 is 1.35 bits per heavy atom. The van der Waals surface area contributed by atoms with Crippen molar-refractivity contribution >= 4 is 22.3 Å². The van der Waals surface area contributed by atoms with E-state index in [0.717, 1.165) is 31.1 Å². The molecule has 0 radical (unpaired) electrons. The minimum absolute atomic E-state index is 0.455. The first-order valence-corrected chi connectivity index (χ1v) is 6.52. The molecule has 0 bridgehead atoms. The molecule has 2 aromatic rings. The summed E-state index contributed by atoms with van der Waals surface area (Å²) < 4.78 is 1.98. The maximum Gasteiger partial charge on any atom is 0.208 e. The van der Waals surface area contributed by atoms with E-state index in [1.165, 1.54) is 0 Å². The third-order valence-corrected chi connectivity index (χ3v) is 3.84.